The van der Waals surface area contributed by atoms with E-state index in [2.05, 4.69) is 10.0 Å². The molecule has 0 radical (unpaired) electrons. The summed E-state index contributed by atoms with van der Waals surface area (Å²) in [5.74, 6) is -0.362. The first kappa shape index (κ1) is 19.3. The second-order valence-corrected chi connectivity index (χ2v) is 7.11. The largest absolute Gasteiger partial charge is 0.396 e. The molecule has 1 atom stereocenters. The van der Waals surface area contributed by atoms with Gasteiger partial charge in [0.2, 0.25) is 15.9 Å². The predicted molar refractivity (Wildman–Crippen MR) is 79.8 cm³/mol. The molecule has 0 heterocycles. The van der Waals surface area contributed by atoms with Gasteiger partial charge in [-0.3, -0.25) is 4.79 Å². The summed E-state index contributed by atoms with van der Waals surface area (Å²) in [4.78, 5) is 11.9. The fourth-order valence-corrected chi connectivity index (χ4v) is 3.16. The third-order valence-electron chi connectivity index (χ3n) is 3.70. The lowest BCUT2D eigenvalue weighted by Gasteiger charge is -2.30. The van der Waals surface area contributed by atoms with E-state index in [-0.39, 0.29) is 23.7 Å². The van der Waals surface area contributed by atoms with Crippen LogP contribution >= 0.6 is 0 Å². The van der Waals surface area contributed by atoms with Gasteiger partial charge in [-0.25, -0.2) is 13.1 Å². The van der Waals surface area contributed by atoms with Crippen LogP contribution in [0.1, 0.15) is 47.0 Å². The molecule has 0 saturated carbocycles. The Morgan fingerprint density at radius 1 is 1.25 bits per heavy atom. The molecule has 0 aromatic carbocycles. The molecule has 0 aliphatic heterocycles. The lowest BCUT2D eigenvalue weighted by molar-refractivity contribution is -0.123. The monoisotopic (exact) mass is 308 g/mol. The van der Waals surface area contributed by atoms with Gasteiger partial charge in [-0.2, -0.15) is 0 Å². The van der Waals surface area contributed by atoms with Crippen molar-refractivity contribution in [1.82, 2.24) is 10.0 Å². The summed E-state index contributed by atoms with van der Waals surface area (Å²) in [6.07, 6.45) is 2.00. The molecular weight excluding hydrogens is 280 g/mol. The van der Waals surface area contributed by atoms with Crippen molar-refractivity contribution in [2.24, 2.45) is 5.41 Å². The number of amides is 1. The Bertz CT molecular complexity index is 383. The molecule has 0 aliphatic rings. The number of carbonyl (C=O) groups excluding carboxylic acids is 1. The zero-order valence-corrected chi connectivity index (χ0v) is 13.7. The van der Waals surface area contributed by atoms with Crippen LogP contribution < -0.4 is 10.0 Å². The Hall–Kier alpha value is -0.660. The number of aliphatic hydroxyl groups excluding tert-OH is 1. The van der Waals surface area contributed by atoms with E-state index in [1.54, 1.807) is 6.92 Å². The van der Waals surface area contributed by atoms with Crippen molar-refractivity contribution in [3.05, 3.63) is 0 Å². The standard InChI is InChI=1S/C13H28N2O4S/c1-5-8-20(18,19)15-11(4)12(17)14-9-13(6-2,7-3)10-16/h11,15-16H,5-10H2,1-4H3,(H,14,17). The molecule has 0 spiro atoms. The minimum atomic E-state index is -3.41. The SMILES string of the molecule is CCCS(=O)(=O)NC(C)C(=O)NCC(CC)(CC)CO. The van der Waals surface area contributed by atoms with Gasteiger partial charge < -0.3 is 10.4 Å². The molecule has 0 fully saturated rings. The highest BCUT2D eigenvalue weighted by Gasteiger charge is 2.27. The summed E-state index contributed by atoms with van der Waals surface area (Å²) in [7, 11) is -3.41. The molecule has 6 nitrogen and oxygen atoms in total. The van der Waals surface area contributed by atoms with Crippen molar-refractivity contribution >= 4 is 15.9 Å². The van der Waals surface area contributed by atoms with Crippen LogP contribution in [0.3, 0.4) is 0 Å². The molecule has 0 saturated heterocycles. The molecule has 0 bridgehead atoms. The third-order valence-corrected chi connectivity index (χ3v) is 5.35. The van der Waals surface area contributed by atoms with Gasteiger partial charge in [-0.1, -0.05) is 20.8 Å². The fraction of sp³-hybridized carbons (Fsp3) is 0.923. The maximum absolute atomic E-state index is 11.9. The molecule has 3 N–H and O–H groups in total. The van der Waals surface area contributed by atoms with Gasteiger partial charge in [0.15, 0.2) is 0 Å². The maximum Gasteiger partial charge on any atom is 0.237 e. The Morgan fingerprint density at radius 3 is 2.20 bits per heavy atom. The molecule has 20 heavy (non-hydrogen) atoms. The van der Waals surface area contributed by atoms with E-state index in [9.17, 15) is 18.3 Å². The zero-order valence-electron chi connectivity index (χ0n) is 12.9. The van der Waals surface area contributed by atoms with E-state index in [1.807, 2.05) is 13.8 Å². The van der Waals surface area contributed by atoms with Gasteiger partial charge >= 0.3 is 0 Å². The first-order valence-corrected chi connectivity index (χ1v) is 8.79. The van der Waals surface area contributed by atoms with E-state index in [4.69, 9.17) is 0 Å². The molecule has 1 amide bonds. The van der Waals surface area contributed by atoms with Crippen molar-refractivity contribution in [3.8, 4) is 0 Å². The lowest BCUT2D eigenvalue weighted by atomic mass is 9.83. The number of rotatable bonds is 10. The minimum absolute atomic E-state index is 0.00375. The van der Waals surface area contributed by atoms with E-state index in [1.165, 1.54) is 6.92 Å². The second kappa shape index (κ2) is 8.59. The number of sulfonamides is 1. The summed E-state index contributed by atoms with van der Waals surface area (Å²) in [5, 5.41) is 12.1. The van der Waals surface area contributed by atoms with Crippen LogP contribution in [0.15, 0.2) is 0 Å². The van der Waals surface area contributed by atoms with Crippen molar-refractivity contribution in [3.63, 3.8) is 0 Å². The first-order chi connectivity index (χ1) is 9.25. The van der Waals surface area contributed by atoms with Crippen molar-refractivity contribution in [2.45, 2.75) is 53.0 Å². The summed E-state index contributed by atoms with van der Waals surface area (Å²) in [5.41, 5.74) is -0.336. The molecule has 1 unspecified atom stereocenters. The summed E-state index contributed by atoms with van der Waals surface area (Å²) >= 11 is 0. The highest BCUT2D eigenvalue weighted by Crippen LogP contribution is 2.24. The molecule has 120 valence electrons. The zero-order chi connectivity index (χ0) is 15.8. The van der Waals surface area contributed by atoms with E-state index in [0.29, 0.717) is 13.0 Å². The van der Waals surface area contributed by atoms with Crippen LogP contribution in [-0.2, 0) is 14.8 Å². The van der Waals surface area contributed by atoms with Gasteiger partial charge in [0.05, 0.1) is 18.4 Å². The Kier molecular flexibility index (Phi) is 8.30. The van der Waals surface area contributed by atoms with Crippen molar-refractivity contribution in [1.29, 1.82) is 0 Å². The summed E-state index contributed by atoms with van der Waals surface area (Å²) < 4.78 is 25.5. The molecule has 0 aliphatic carbocycles. The lowest BCUT2D eigenvalue weighted by Crippen LogP contribution is -2.48. The number of hydrogen-bond donors (Lipinski definition) is 3. The van der Waals surface area contributed by atoms with Crippen molar-refractivity contribution < 1.29 is 18.3 Å². The highest BCUT2D eigenvalue weighted by molar-refractivity contribution is 7.89. The average Bonchev–Trinajstić information content (AvgIpc) is 2.40. The van der Waals surface area contributed by atoms with Gasteiger partial charge in [0.1, 0.15) is 0 Å². The van der Waals surface area contributed by atoms with Crippen molar-refractivity contribution in [2.75, 3.05) is 18.9 Å². The minimum Gasteiger partial charge on any atom is -0.396 e. The van der Waals surface area contributed by atoms with Crippen LogP contribution in [0.5, 0.6) is 0 Å². The van der Waals surface area contributed by atoms with Gasteiger partial charge in [0, 0.05) is 12.0 Å². The van der Waals surface area contributed by atoms with Crippen LogP contribution in [-0.4, -0.2) is 44.4 Å². The topological polar surface area (TPSA) is 95.5 Å². The van der Waals surface area contributed by atoms with E-state index >= 15 is 0 Å². The Balaban J connectivity index is 4.48. The molecule has 0 rings (SSSR count). The number of aliphatic hydroxyl groups is 1. The molecule has 0 aromatic rings. The van der Waals surface area contributed by atoms with E-state index in [0.717, 1.165) is 12.8 Å². The average molecular weight is 308 g/mol. The van der Waals surface area contributed by atoms with Gasteiger partial charge in [-0.15, -0.1) is 0 Å². The van der Waals surface area contributed by atoms with Crippen LogP contribution in [0.25, 0.3) is 0 Å². The van der Waals surface area contributed by atoms with Gasteiger partial charge in [-0.05, 0) is 26.2 Å². The van der Waals surface area contributed by atoms with Gasteiger partial charge in [0.25, 0.3) is 0 Å². The van der Waals surface area contributed by atoms with Crippen LogP contribution in [0, 0.1) is 5.41 Å². The number of hydrogen-bond acceptors (Lipinski definition) is 4. The first-order valence-electron chi connectivity index (χ1n) is 7.14. The van der Waals surface area contributed by atoms with E-state index < -0.39 is 16.1 Å². The maximum atomic E-state index is 11.9. The fourth-order valence-electron chi connectivity index (χ4n) is 1.86. The Labute approximate surface area is 122 Å². The Morgan fingerprint density at radius 2 is 1.80 bits per heavy atom. The molecule has 0 aromatic heterocycles. The van der Waals surface area contributed by atoms with Crippen LogP contribution in [0.4, 0.5) is 0 Å². The summed E-state index contributed by atoms with van der Waals surface area (Å²) in [6.45, 7) is 7.53. The quantitative estimate of drug-likeness (QED) is 0.551. The van der Waals surface area contributed by atoms with Crippen LogP contribution in [0.2, 0.25) is 0 Å². The smallest absolute Gasteiger partial charge is 0.237 e. The predicted octanol–water partition coefficient (Wildman–Crippen LogP) is 0.619. The number of carbonyl (C=O) groups is 1. The second-order valence-electron chi connectivity index (χ2n) is 5.24. The normalized spacial score (nSPS) is 14.1. The molecule has 7 heteroatoms. The molecular formula is C13H28N2O4S. The highest BCUT2D eigenvalue weighted by atomic mass is 32.2. The summed E-state index contributed by atoms with van der Waals surface area (Å²) in [6, 6.07) is -0.809. The number of nitrogens with one attached hydrogen (secondary N) is 2. The third kappa shape index (κ3) is 6.19.